The van der Waals surface area contributed by atoms with Gasteiger partial charge in [-0.05, 0) is 115 Å². The van der Waals surface area contributed by atoms with E-state index in [0.717, 1.165) is 59.4 Å². The molecule has 2 amide bonds. The third-order valence-corrected chi connectivity index (χ3v) is 11.4. The summed E-state index contributed by atoms with van der Waals surface area (Å²) in [7, 11) is 0. The first-order chi connectivity index (χ1) is 34.7. The Kier molecular flexibility index (Phi) is 19.2. The molecule has 14 nitrogen and oxygen atoms in total. The number of rotatable bonds is 16. The van der Waals surface area contributed by atoms with Crippen LogP contribution in [0, 0.1) is 0 Å². The number of pyridine rings is 2. The van der Waals surface area contributed by atoms with E-state index in [9.17, 15) is 9.59 Å². The first-order valence-electron chi connectivity index (χ1n) is 24.6. The van der Waals surface area contributed by atoms with E-state index in [4.69, 9.17) is 37.9 Å². The summed E-state index contributed by atoms with van der Waals surface area (Å²) >= 11 is 0. The van der Waals surface area contributed by atoms with Crippen molar-refractivity contribution in [3.63, 3.8) is 0 Å². The zero-order chi connectivity index (χ0) is 50.8. The fraction of sp³-hybridized carbons (Fsp3) is 0.379. The molecule has 14 heteroatoms. The smallest absolute Gasteiger partial charge is 0.412 e. The number of benzene rings is 4. The second-order valence-electron chi connectivity index (χ2n) is 19.5. The van der Waals surface area contributed by atoms with Crippen molar-refractivity contribution in [2.24, 2.45) is 0 Å². The molecule has 0 saturated carbocycles. The molecule has 380 valence electrons. The van der Waals surface area contributed by atoms with Gasteiger partial charge in [0.05, 0.1) is 73.6 Å². The number of nitrogens with zero attached hydrogens (tertiary/aromatic N) is 2. The van der Waals surface area contributed by atoms with E-state index >= 15 is 0 Å². The van der Waals surface area contributed by atoms with Gasteiger partial charge >= 0.3 is 12.2 Å². The van der Waals surface area contributed by atoms with E-state index in [1.54, 1.807) is 36.7 Å². The molecule has 72 heavy (non-hydrogen) atoms. The maximum Gasteiger partial charge on any atom is 0.412 e. The molecule has 2 N–H and O–H groups in total. The number of amides is 2. The maximum atomic E-state index is 12.2. The normalized spacial score (nSPS) is 17.9. The van der Waals surface area contributed by atoms with Crippen LogP contribution in [0.25, 0.3) is 0 Å². The molecule has 8 rings (SSSR count). The van der Waals surface area contributed by atoms with Gasteiger partial charge in [-0.2, -0.15) is 0 Å². The molecule has 0 spiro atoms. The number of para-hydroxylation sites is 2. The fourth-order valence-corrected chi connectivity index (χ4v) is 7.99. The van der Waals surface area contributed by atoms with Gasteiger partial charge in [0.1, 0.15) is 35.9 Å². The molecular formula is C58H68N4O10. The van der Waals surface area contributed by atoms with Crippen LogP contribution in [0.5, 0.6) is 11.5 Å². The van der Waals surface area contributed by atoms with Crippen molar-refractivity contribution in [2.45, 2.75) is 129 Å². The van der Waals surface area contributed by atoms with E-state index in [0.29, 0.717) is 49.2 Å². The Morgan fingerprint density at radius 1 is 0.500 bits per heavy atom. The van der Waals surface area contributed by atoms with Crippen molar-refractivity contribution in [3.05, 3.63) is 179 Å². The molecular weight excluding hydrogens is 913 g/mol. The quantitative estimate of drug-likeness (QED) is 0.0947. The summed E-state index contributed by atoms with van der Waals surface area (Å²) in [4.78, 5) is 33.1. The van der Waals surface area contributed by atoms with Crippen LogP contribution >= 0.6 is 0 Å². The summed E-state index contributed by atoms with van der Waals surface area (Å²) in [6.07, 6.45) is 5.44. The van der Waals surface area contributed by atoms with Gasteiger partial charge in [0, 0.05) is 23.5 Å². The topological polar surface area (TPSA) is 158 Å². The summed E-state index contributed by atoms with van der Waals surface area (Å²) in [6, 6.07) is 43.4. The van der Waals surface area contributed by atoms with Gasteiger partial charge in [0.15, 0.2) is 0 Å². The molecule has 0 unspecified atom stereocenters. The Balaban J connectivity index is 0.000000211. The lowest BCUT2D eigenvalue weighted by Crippen LogP contribution is -2.29. The van der Waals surface area contributed by atoms with Crippen LogP contribution in [-0.4, -0.2) is 58.8 Å². The van der Waals surface area contributed by atoms with E-state index < -0.39 is 23.4 Å². The summed E-state index contributed by atoms with van der Waals surface area (Å²) in [6.45, 7) is 13.4. The molecule has 6 aromatic rings. The first-order valence-corrected chi connectivity index (χ1v) is 24.6. The Bertz CT molecular complexity index is 2420. The second kappa shape index (κ2) is 26.0. The van der Waals surface area contributed by atoms with Crippen LogP contribution in [0.15, 0.2) is 146 Å². The molecule has 0 bridgehead atoms. The number of hydrogen-bond acceptors (Lipinski definition) is 12. The van der Waals surface area contributed by atoms with E-state index in [1.807, 2.05) is 114 Å². The predicted octanol–water partition coefficient (Wildman–Crippen LogP) is 12.9. The zero-order valence-electron chi connectivity index (χ0n) is 42.2. The van der Waals surface area contributed by atoms with Crippen molar-refractivity contribution in [3.8, 4) is 11.5 Å². The molecule has 4 aromatic carbocycles. The Labute approximate surface area is 423 Å². The number of ether oxygens (including phenoxy) is 8. The van der Waals surface area contributed by atoms with Crippen LogP contribution < -0.4 is 20.1 Å². The molecule has 2 saturated heterocycles. The second-order valence-corrected chi connectivity index (χ2v) is 19.5. The van der Waals surface area contributed by atoms with Crippen molar-refractivity contribution in [1.82, 2.24) is 9.97 Å². The highest BCUT2D eigenvalue weighted by atomic mass is 16.6. The minimum atomic E-state index is -0.579. The van der Waals surface area contributed by atoms with Crippen molar-refractivity contribution in [2.75, 3.05) is 23.8 Å². The van der Waals surface area contributed by atoms with Gasteiger partial charge in [-0.1, -0.05) is 97.1 Å². The standard InChI is InChI=1S/2C29H34N2O5/c2*1-29(2,3)36-28(32)31-24-13-9-17-30-25(24)20-33-22-15-16-27(35-19-22)23-12-7-8-14-26(23)34-18-21-10-5-4-6-11-21/h2*4-14,17,22,27H,15-16,18-20H2,1-3H3,(H,31,32)/t2*22-,27-/m10/s1. The molecule has 4 heterocycles. The highest BCUT2D eigenvalue weighted by Crippen LogP contribution is 2.37. The number of anilines is 2. The fourth-order valence-electron chi connectivity index (χ4n) is 7.99. The molecule has 2 aliphatic rings. The van der Waals surface area contributed by atoms with Crippen molar-refractivity contribution >= 4 is 23.6 Å². The largest absolute Gasteiger partial charge is 0.489 e. The minimum absolute atomic E-state index is 0.0453. The molecule has 2 fully saturated rings. The monoisotopic (exact) mass is 980 g/mol. The summed E-state index contributed by atoms with van der Waals surface area (Å²) < 4.78 is 47.5. The Morgan fingerprint density at radius 3 is 1.26 bits per heavy atom. The van der Waals surface area contributed by atoms with E-state index in [1.165, 1.54) is 0 Å². The van der Waals surface area contributed by atoms with Gasteiger partial charge in [0.25, 0.3) is 0 Å². The van der Waals surface area contributed by atoms with Gasteiger partial charge in [0.2, 0.25) is 0 Å². The van der Waals surface area contributed by atoms with Crippen LogP contribution in [0.2, 0.25) is 0 Å². The summed E-state index contributed by atoms with van der Waals surface area (Å²) in [5, 5.41) is 5.53. The Hall–Kier alpha value is -6.84. The van der Waals surface area contributed by atoms with Gasteiger partial charge in [-0.3, -0.25) is 20.6 Å². The zero-order valence-corrected chi connectivity index (χ0v) is 42.2. The third kappa shape index (κ3) is 17.2. The lowest BCUT2D eigenvalue weighted by atomic mass is 9.99. The first kappa shape index (κ1) is 53.0. The van der Waals surface area contributed by atoms with Crippen LogP contribution in [0.1, 0.15) is 113 Å². The van der Waals surface area contributed by atoms with Gasteiger partial charge in [-0.25, -0.2) is 9.59 Å². The molecule has 2 aromatic heterocycles. The molecule has 0 aliphatic carbocycles. The summed E-state index contributed by atoms with van der Waals surface area (Å²) in [5.41, 5.74) is 5.64. The average Bonchev–Trinajstić information content (AvgIpc) is 3.37. The highest BCUT2D eigenvalue weighted by Gasteiger charge is 2.28. The number of hydrogen-bond donors (Lipinski definition) is 2. The van der Waals surface area contributed by atoms with Crippen LogP contribution in [-0.2, 0) is 54.8 Å². The van der Waals surface area contributed by atoms with Crippen molar-refractivity contribution < 1.29 is 47.5 Å². The molecule has 2 aliphatic heterocycles. The Morgan fingerprint density at radius 2 is 0.889 bits per heavy atom. The number of carbonyl (C=O) groups is 2. The van der Waals surface area contributed by atoms with Gasteiger partial charge < -0.3 is 37.9 Å². The van der Waals surface area contributed by atoms with E-state index in [2.05, 4.69) is 57.0 Å². The third-order valence-electron chi connectivity index (χ3n) is 11.4. The van der Waals surface area contributed by atoms with Crippen LogP contribution in [0.4, 0.5) is 21.0 Å². The highest BCUT2D eigenvalue weighted by molar-refractivity contribution is 5.86. The number of nitrogens with one attached hydrogen (secondary N) is 2. The lowest BCUT2D eigenvalue weighted by Gasteiger charge is -2.30. The predicted molar refractivity (Wildman–Crippen MR) is 276 cm³/mol. The van der Waals surface area contributed by atoms with Crippen LogP contribution in [0.3, 0.4) is 0 Å². The summed E-state index contributed by atoms with van der Waals surface area (Å²) in [5.74, 6) is 1.69. The average molecular weight is 981 g/mol. The van der Waals surface area contributed by atoms with Gasteiger partial charge in [-0.15, -0.1) is 0 Å². The number of carbonyl (C=O) groups excluding carboxylic acids is 2. The maximum absolute atomic E-state index is 12.2. The lowest BCUT2D eigenvalue weighted by molar-refractivity contribution is -0.0930. The SMILES string of the molecule is CC(C)(C)OC(=O)Nc1cccnc1CO[C@@H]1CC[C@H](c2ccccc2OCc2ccccc2)OC1.CC(C)(C)OC(=O)Nc1cccnc1CO[C@H]1CC[C@@H](c2ccccc2OCc2ccccc2)OC1. The molecule has 4 atom stereocenters. The van der Waals surface area contributed by atoms with E-state index in [-0.39, 0.29) is 37.6 Å². The number of aromatic nitrogens is 2. The van der Waals surface area contributed by atoms with Crippen molar-refractivity contribution in [1.29, 1.82) is 0 Å². The molecule has 0 radical (unpaired) electrons. The minimum Gasteiger partial charge on any atom is -0.489 e.